The SMILES string of the molecule is CC[C@H](C(=O)NC)N(Cc1ccccc1)C(=O)CN1C(=O)c2ccccc2S1(=O)=O. The van der Waals surface area contributed by atoms with Crippen molar-refractivity contribution in [3.8, 4) is 0 Å². The van der Waals surface area contributed by atoms with Crippen LogP contribution in [0.1, 0.15) is 29.3 Å². The standard InChI is InChI=1S/C21H23N3O5S/c1-3-17(20(26)22-2)23(13-15-9-5-4-6-10-15)19(25)14-24-21(27)16-11-7-8-12-18(16)30(24,28)29/h4-12,17H,3,13-14H2,1-2H3,(H,22,26)/t17-/m1/s1. The number of carbonyl (C=O) groups excluding carboxylic acids is 3. The maximum atomic E-state index is 13.2. The molecule has 0 saturated carbocycles. The number of sulfonamides is 1. The van der Waals surface area contributed by atoms with Gasteiger partial charge >= 0.3 is 0 Å². The van der Waals surface area contributed by atoms with Crippen LogP contribution in [-0.4, -0.2) is 55.0 Å². The highest BCUT2D eigenvalue weighted by atomic mass is 32.2. The van der Waals surface area contributed by atoms with E-state index in [1.165, 1.54) is 30.1 Å². The summed E-state index contributed by atoms with van der Waals surface area (Å²) in [5, 5.41) is 2.54. The largest absolute Gasteiger partial charge is 0.357 e. The van der Waals surface area contributed by atoms with E-state index in [0.29, 0.717) is 10.7 Å². The lowest BCUT2D eigenvalue weighted by Gasteiger charge is -2.31. The van der Waals surface area contributed by atoms with Crippen LogP contribution in [0.3, 0.4) is 0 Å². The van der Waals surface area contributed by atoms with Crippen LogP contribution in [-0.2, 0) is 26.2 Å². The van der Waals surface area contributed by atoms with Crippen LogP contribution in [0, 0.1) is 0 Å². The zero-order valence-corrected chi connectivity index (χ0v) is 17.6. The third-order valence-corrected chi connectivity index (χ3v) is 6.81. The Bertz CT molecular complexity index is 1070. The lowest BCUT2D eigenvalue weighted by molar-refractivity contribution is -0.141. The van der Waals surface area contributed by atoms with Gasteiger partial charge in [0.05, 0.1) is 5.56 Å². The highest BCUT2D eigenvalue weighted by Gasteiger charge is 2.43. The van der Waals surface area contributed by atoms with E-state index in [1.54, 1.807) is 13.0 Å². The highest BCUT2D eigenvalue weighted by Crippen LogP contribution is 2.30. The van der Waals surface area contributed by atoms with Gasteiger partial charge in [0.1, 0.15) is 17.5 Å². The Kier molecular flexibility index (Phi) is 6.21. The van der Waals surface area contributed by atoms with E-state index in [-0.39, 0.29) is 22.9 Å². The molecule has 0 fully saturated rings. The second-order valence-electron chi connectivity index (χ2n) is 6.86. The fraction of sp³-hybridized carbons (Fsp3) is 0.286. The van der Waals surface area contributed by atoms with Crippen LogP contribution in [0.4, 0.5) is 0 Å². The van der Waals surface area contributed by atoms with Crippen molar-refractivity contribution in [3.63, 3.8) is 0 Å². The second kappa shape index (κ2) is 8.66. The van der Waals surface area contributed by atoms with Crippen molar-refractivity contribution < 1.29 is 22.8 Å². The van der Waals surface area contributed by atoms with Crippen molar-refractivity contribution in [3.05, 3.63) is 65.7 Å². The smallest absolute Gasteiger partial charge is 0.269 e. The molecule has 2 aromatic rings. The quantitative estimate of drug-likeness (QED) is 0.716. The molecular weight excluding hydrogens is 406 g/mol. The van der Waals surface area contributed by atoms with Crippen molar-refractivity contribution in [1.82, 2.24) is 14.5 Å². The van der Waals surface area contributed by atoms with Crippen molar-refractivity contribution in [2.24, 2.45) is 0 Å². The van der Waals surface area contributed by atoms with Gasteiger partial charge in [0, 0.05) is 13.6 Å². The minimum Gasteiger partial charge on any atom is -0.357 e. The van der Waals surface area contributed by atoms with Crippen LogP contribution in [0.25, 0.3) is 0 Å². The van der Waals surface area contributed by atoms with Gasteiger partial charge in [-0.2, -0.15) is 0 Å². The van der Waals surface area contributed by atoms with Crippen LogP contribution in [0.2, 0.25) is 0 Å². The average Bonchev–Trinajstić information content (AvgIpc) is 2.95. The number of amides is 3. The van der Waals surface area contributed by atoms with Gasteiger partial charge in [0.2, 0.25) is 11.8 Å². The Morgan fingerprint density at radius 2 is 1.70 bits per heavy atom. The van der Waals surface area contributed by atoms with Gasteiger partial charge in [0.15, 0.2) is 0 Å². The molecule has 9 heteroatoms. The number of carbonyl (C=O) groups is 3. The number of hydrogen-bond acceptors (Lipinski definition) is 5. The fourth-order valence-electron chi connectivity index (χ4n) is 3.47. The van der Waals surface area contributed by atoms with Crippen molar-refractivity contribution >= 4 is 27.7 Å². The van der Waals surface area contributed by atoms with E-state index in [4.69, 9.17) is 0 Å². The summed E-state index contributed by atoms with van der Waals surface area (Å²) in [5.41, 5.74) is 0.824. The first-order valence-corrected chi connectivity index (χ1v) is 11.0. The van der Waals surface area contributed by atoms with E-state index in [9.17, 15) is 22.8 Å². The number of hydrogen-bond donors (Lipinski definition) is 1. The summed E-state index contributed by atoms with van der Waals surface area (Å²) in [5.74, 6) is -1.73. The van der Waals surface area contributed by atoms with E-state index in [0.717, 1.165) is 5.56 Å². The molecule has 0 aromatic heterocycles. The van der Waals surface area contributed by atoms with Gasteiger partial charge in [-0.3, -0.25) is 14.4 Å². The molecule has 1 atom stereocenters. The summed E-state index contributed by atoms with van der Waals surface area (Å²) >= 11 is 0. The van der Waals surface area contributed by atoms with Gasteiger partial charge in [-0.05, 0) is 24.1 Å². The number of fused-ring (bicyclic) bond motifs is 1. The Labute approximate surface area is 175 Å². The van der Waals surface area contributed by atoms with Crippen molar-refractivity contribution in [1.29, 1.82) is 0 Å². The molecule has 0 unspecified atom stereocenters. The summed E-state index contributed by atoms with van der Waals surface area (Å²) in [4.78, 5) is 39.4. The van der Waals surface area contributed by atoms with E-state index in [2.05, 4.69) is 5.32 Å². The Morgan fingerprint density at radius 3 is 2.30 bits per heavy atom. The second-order valence-corrected chi connectivity index (χ2v) is 8.69. The highest BCUT2D eigenvalue weighted by molar-refractivity contribution is 7.90. The molecule has 0 radical (unpaired) electrons. The summed E-state index contributed by atoms with van der Waals surface area (Å²) in [6, 6.07) is 14.1. The molecule has 1 aliphatic heterocycles. The molecule has 0 saturated heterocycles. The molecule has 1 heterocycles. The van der Waals surface area contributed by atoms with E-state index in [1.807, 2.05) is 30.3 Å². The molecule has 1 N–H and O–H groups in total. The first kappa shape index (κ1) is 21.5. The van der Waals surface area contributed by atoms with Crippen LogP contribution < -0.4 is 5.32 Å². The lowest BCUT2D eigenvalue weighted by Crippen LogP contribution is -2.51. The Balaban J connectivity index is 1.92. The monoisotopic (exact) mass is 429 g/mol. The summed E-state index contributed by atoms with van der Waals surface area (Å²) in [6.45, 7) is 1.20. The third-order valence-electron chi connectivity index (χ3n) is 5.02. The maximum Gasteiger partial charge on any atom is 0.269 e. The van der Waals surface area contributed by atoms with Gasteiger partial charge < -0.3 is 10.2 Å². The number of rotatable bonds is 7. The first-order valence-electron chi connectivity index (χ1n) is 9.52. The zero-order valence-electron chi connectivity index (χ0n) is 16.7. The molecule has 3 amide bonds. The number of nitrogens with zero attached hydrogens (tertiary/aromatic N) is 2. The Hall–Kier alpha value is -3.20. The molecule has 0 spiro atoms. The lowest BCUT2D eigenvalue weighted by atomic mass is 10.1. The zero-order chi connectivity index (χ0) is 21.9. The van der Waals surface area contributed by atoms with Crippen molar-refractivity contribution in [2.75, 3.05) is 13.6 Å². The minimum absolute atomic E-state index is 0.0400. The Morgan fingerprint density at radius 1 is 1.07 bits per heavy atom. The normalized spacial score (nSPS) is 15.4. The van der Waals surface area contributed by atoms with Gasteiger partial charge in [0.25, 0.3) is 15.9 Å². The molecule has 8 nitrogen and oxygen atoms in total. The molecule has 3 rings (SSSR count). The predicted octanol–water partition coefficient (Wildman–Crippen LogP) is 1.38. The first-order chi connectivity index (χ1) is 14.3. The molecule has 1 aliphatic rings. The average molecular weight is 429 g/mol. The van der Waals surface area contributed by atoms with Gasteiger partial charge in [-0.15, -0.1) is 0 Å². The van der Waals surface area contributed by atoms with Gasteiger partial charge in [-0.25, -0.2) is 12.7 Å². The summed E-state index contributed by atoms with van der Waals surface area (Å²) in [6.07, 6.45) is 0.333. The molecular formula is C21H23N3O5S. The van der Waals surface area contributed by atoms with Crippen LogP contribution >= 0.6 is 0 Å². The molecule has 0 aliphatic carbocycles. The minimum atomic E-state index is -4.12. The summed E-state index contributed by atoms with van der Waals surface area (Å²) < 4.78 is 26.2. The van der Waals surface area contributed by atoms with Crippen LogP contribution in [0.5, 0.6) is 0 Å². The number of benzene rings is 2. The van der Waals surface area contributed by atoms with E-state index >= 15 is 0 Å². The van der Waals surface area contributed by atoms with Crippen LogP contribution in [0.15, 0.2) is 59.5 Å². The topological polar surface area (TPSA) is 104 Å². The third kappa shape index (κ3) is 3.93. The number of likely N-dealkylation sites (N-methyl/N-ethyl adjacent to an activating group) is 1. The number of nitrogens with one attached hydrogen (secondary N) is 1. The molecule has 0 bridgehead atoms. The van der Waals surface area contributed by atoms with E-state index < -0.39 is 34.4 Å². The molecule has 30 heavy (non-hydrogen) atoms. The molecule has 158 valence electrons. The maximum absolute atomic E-state index is 13.2. The van der Waals surface area contributed by atoms with Crippen molar-refractivity contribution in [2.45, 2.75) is 30.8 Å². The molecule has 2 aromatic carbocycles. The summed E-state index contributed by atoms with van der Waals surface area (Å²) in [7, 11) is -2.65. The fourth-order valence-corrected chi connectivity index (χ4v) is 4.99. The van der Waals surface area contributed by atoms with Gasteiger partial charge in [-0.1, -0.05) is 49.4 Å². The predicted molar refractivity (Wildman–Crippen MR) is 110 cm³/mol.